The lowest BCUT2D eigenvalue weighted by Crippen LogP contribution is -2.25. The van der Waals surface area contributed by atoms with Crippen LogP contribution in [0.25, 0.3) is 27.8 Å². The molecule has 6 nitrogen and oxygen atoms in total. The van der Waals surface area contributed by atoms with Crippen molar-refractivity contribution in [2.24, 2.45) is 7.05 Å². The molecule has 0 fully saturated rings. The third-order valence-electron chi connectivity index (χ3n) is 5.54. The van der Waals surface area contributed by atoms with Crippen LogP contribution in [0.2, 0.25) is 0 Å². The van der Waals surface area contributed by atoms with E-state index < -0.39 is 0 Å². The van der Waals surface area contributed by atoms with E-state index in [1.54, 1.807) is 0 Å². The molecule has 0 radical (unpaired) electrons. The highest BCUT2D eigenvalue weighted by atomic mass is 16.1. The molecule has 0 unspecified atom stereocenters. The maximum atomic E-state index is 12.6. The number of nitrogens with one attached hydrogen (secondary N) is 1. The number of rotatable bonds is 6. The molecule has 0 aliphatic heterocycles. The van der Waals surface area contributed by atoms with E-state index in [2.05, 4.69) is 33.1 Å². The Kier molecular flexibility index (Phi) is 4.96. The zero-order chi connectivity index (χ0) is 21.2. The second kappa shape index (κ2) is 8.07. The van der Waals surface area contributed by atoms with Crippen molar-refractivity contribution in [1.29, 1.82) is 0 Å². The summed E-state index contributed by atoms with van der Waals surface area (Å²) in [6, 6.07) is 26.2. The van der Waals surface area contributed by atoms with E-state index in [0.717, 1.165) is 39.4 Å². The van der Waals surface area contributed by atoms with Gasteiger partial charge in [-0.15, -0.1) is 0 Å². The van der Waals surface area contributed by atoms with Crippen LogP contribution in [0.4, 0.5) is 0 Å². The minimum absolute atomic E-state index is 0.0151. The molecule has 0 aliphatic rings. The first-order valence-corrected chi connectivity index (χ1v) is 10.4. The molecule has 2 heterocycles. The van der Waals surface area contributed by atoms with Crippen molar-refractivity contribution >= 4 is 28.0 Å². The molecule has 0 saturated heterocycles. The van der Waals surface area contributed by atoms with Gasteiger partial charge in [0.05, 0.1) is 28.6 Å². The molecule has 0 atom stereocenters. The fourth-order valence-corrected chi connectivity index (χ4v) is 3.95. The van der Waals surface area contributed by atoms with Gasteiger partial charge < -0.3 is 9.88 Å². The normalized spacial score (nSPS) is 11.3. The molecule has 6 heteroatoms. The highest BCUT2D eigenvalue weighted by Crippen LogP contribution is 2.22. The standard InChI is InChI=1S/C25H23N5O/c1-29-21-13-7-5-11-19(21)28-24(29)17-26-25(31)16-15-23-27-20-12-6-8-14-22(20)30(23)18-9-3-2-4-10-18/h2-14H,15-17H2,1H3,(H,26,31). The van der Waals surface area contributed by atoms with Gasteiger partial charge in [-0.05, 0) is 36.4 Å². The molecule has 5 aromatic rings. The average molecular weight is 409 g/mol. The Morgan fingerprint density at radius 2 is 1.42 bits per heavy atom. The maximum absolute atomic E-state index is 12.6. The van der Waals surface area contributed by atoms with Crippen molar-refractivity contribution in [3.63, 3.8) is 0 Å². The van der Waals surface area contributed by atoms with E-state index in [-0.39, 0.29) is 5.91 Å². The van der Waals surface area contributed by atoms with Crippen molar-refractivity contribution in [3.8, 4) is 5.69 Å². The fraction of sp³-hybridized carbons (Fsp3) is 0.160. The predicted octanol–water partition coefficient (Wildman–Crippen LogP) is 4.16. The number of hydrogen-bond donors (Lipinski definition) is 1. The molecule has 3 aromatic carbocycles. The number of benzene rings is 3. The predicted molar refractivity (Wildman–Crippen MR) is 122 cm³/mol. The van der Waals surface area contributed by atoms with Crippen LogP contribution in [0, 0.1) is 0 Å². The van der Waals surface area contributed by atoms with Crippen molar-refractivity contribution < 1.29 is 4.79 Å². The monoisotopic (exact) mass is 409 g/mol. The first-order chi connectivity index (χ1) is 15.2. The van der Waals surface area contributed by atoms with E-state index in [9.17, 15) is 4.79 Å². The first-order valence-electron chi connectivity index (χ1n) is 10.4. The third kappa shape index (κ3) is 3.68. The number of fused-ring (bicyclic) bond motifs is 2. The minimum Gasteiger partial charge on any atom is -0.349 e. The molecule has 1 N–H and O–H groups in total. The van der Waals surface area contributed by atoms with E-state index >= 15 is 0 Å². The van der Waals surface area contributed by atoms with Crippen molar-refractivity contribution in [2.75, 3.05) is 0 Å². The van der Waals surface area contributed by atoms with Crippen LogP contribution in [0.1, 0.15) is 18.1 Å². The zero-order valence-corrected chi connectivity index (χ0v) is 17.3. The summed E-state index contributed by atoms with van der Waals surface area (Å²) in [5, 5.41) is 3.00. The average Bonchev–Trinajstić information content (AvgIpc) is 3.34. The number of aromatic nitrogens is 4. The first kappa shape index (κ1) is 19.1. The number of para-hydroxylation sites is 5. The van der Waals surface area contributed by atoms with E-state index in [1.165, 1.54) is 0 Å². The molecule has 2 aromatic heterocycles. The summed E-state index contributed by atoms with van der Waals surface area (Å²) in [6.45, 7) is 0.402. The van der Waals surface area contributed by atoms with Crippen molar-refractivity contribution in [3.05, 3.63) is 90.5 Å². The Labute approximate surface area is 180 Å². The number of imidazole rings is 2. The summed E-state index contributed by atoms with van der Waals surface area (Å²) in [7, 11) is 1.97. The Hall–Kier alpha value is -3.93. The van der Waals surface area contributed by atoms with E-state index in [4.69, 9.17) is 4.98 Å². The van der Waals surface area contributed by atoms with E-state index in [0.29, 0.717) is 19.4 Å². The van der Waals surface area contributed by atoms with Crippen LogP contribution < -0.4 is 5.32 Å². The molecular weight excluding hydrogens is 386 g/mol. The van der Waals surface area contributed by atoms with Crippen LogP contribution >= 0.6 is 0 Å². The molecular formula is C25H23N5O. The highest BCUT2D eigenvalue weighted by Gasteiger charge is 2.14. The quantitative estimate of drug-likeness (QED) is 0.458. The van der Waals surface area contributed by atoms with Crippen LogP contribution in [-0.4, -0.2) is 25.0 Å². The van der Waals surface area contributed by atoms with E-state index in [1.807, 2.05) is 72.3 Å². The van der Waals surface area contributed by atoms with Gasteiger partial charge in [0.1, 0.15) is 11.6 Å². The van der Waals surface area contributed by atoms with Gasteiger partial charge >= 0.3 is 0 Å². The van der Waals surface area contributed by atoms with Crippen molar-refractivity contribution in [1.82, 2.24) is 24.4 Å². The smallest absolute Gasteiger partial charge is 0.220 e. The van der Waals surface area contributed by atoms with Gasteiger partial charge in [0.15, 0.2) is 0 Å². The van der Waals surface area contributed by atoms with Gasteiger partial charge in [-0.2, -0.15) is 0 Å². The molecule has 31 heavy (non-hydrogen) atoms. The Balaban J connectivity index is 1.31. The summed E-state index contributed by atoms with van der Waals surface area (Å²) in [4.78, 5) is 22.0. The molecule has 5 rings (SSSR count). The minimum atomic E-state index is -0.0151. The molecule has 0 saturated carbocycles. The SMILES string of the molecule is Cn1c(CNC(=O)CCc2nc3ccccc3n2-c2ccccc2)nc2ccccc21. The number of nitrogens with zero attached hydrogens (tertiary/aromatic N) is 4. The van der Waals surface area contributed by atoms with Gasteiger partial charge in [0.2, 0.25) is 5.91 Å². The van der Waals surface area contributed by atoms with Gasteiger partial charge in [0, 0.05) is 25.6 Å². The summed E-state index contributed by atoms with van der Waals surface area (Å²) >= 11 is 0. The topological polar surface area (TPSA) is 64.7 Å². The highest BCUT2D eigenvalue weighted by molar-refractivity contribution is 5.79. The van der Waals surface area contributed by atoms with Crippen LogP contribution in [-0.2, 0) is 24.8 Å². The fourth-order valence-electron chi connectivity index (χ4n) is 3.95. The number of aryl methyl sites for hydroxylation is 2. The molecule has 1 amide bonds. The molecule has 0 bridgehead atoms. The number of carbonyl (C=O) groups is 1. The van der Waals surface area contributed by atoms with Gasteiger partial charge in [-0.1, -0.05) is 42.5 Å². The lowest BCUT2D eigenvalue weighted by Gasteiger charge is -2.10. The summed E-state index contributed by atoms with van der Waals surface area (Å²) < 4.78 is 4.15. The summed E-state index contributed by atoms with van der Waals surface area (Å²) in [5.41, 5.74) is 5.02. The van der Waals surface area contributed by atoms with Gasteiger partial charge in [-0.3, -0.25) is 9.36 Å². The van der Waals surface area contributed by atoms with Crippen molar-refractivity contribution in [2.45, 2.75) is 19.4 Å². The second-order valence-corrected chi connectivity index (χ2v) is 7.54. The lowest BCUT2D eigenvalue weighted by atomic mass is 10.2. The van der Waals surface area contributed by atoms with Gasteiger partial charge in [0.25, 0.3) is 0 Å². The van der Waals surface area contributed by atoms with Crippen LogP contribution in [0.15, 0.2) is 78.9 Å². The van der Waals surface area contributed by atoms with Gasteiger partial charge in [-0.25, -0.2) is 9.97 Å². The molecule has 0 aliphatic carbocycles. The molecule has 0 spiro atoms. The second-order valence-electron chi connectivity index (χ2n) is 7.54. The third-order valence-corrected chi connectivity index (χ3v) is 5.54. The number of carbonyl (C=O) groups excluding carboxylic acids is 1. The Bertz CT molecular complexity index is 1370. The number of hydrogen-bond acceptors (Lipinski definition) is 3. The summed E-state index contributed by atoms with van der Waals surface area (Å²) in [5.74, 6) is 1.70. The summed E-state index contributed by atoms with van der Waals surface area (Å²) in [6.07, 6.45) is 0.915. The van der Waals surface area contributed by atoms with Crippen LogP contribution in [0.5, 0.6) is 0 Å². The Morgan fingerprint density at radius 3 is 2.16 bits per heavy atom. The number of amides is 1. The lowest BCUT2D eigenvalue weighted by molar-refractivity contribution is -0.121. The van der Waals surface area contributed by atoms with Crippen LogP contribution in [0.3, 0.4) is 0 Å². The maximum Gasteiger partial charge on any atom is 0.220 e. The Morgan fingerprint density at radius 1 is 0.806 bits per heavy atom. The molecule has 154 valence electrons. The largest absolute Gasteiger partial charge is 0.349 e. The zero-order valence-electron chi connectivity index (χ0n) is 17.3.